The summed E-state index contributed by atoms with van der Waals surface area (Å²) in [6.45, 7) is 14.2. The zero-order valence-corrected chi connectivity index (χ0v) is 20.3. The van der Waals surface area contributed by atoms with Crippen LogP contribution in [0.1, 0.15) is 86.5 Å². The Bertz CT molecular complexity index is 693. The first-order valence-electron chi connectivity index (χ1n) is 12.8. The minimum Gasteiger partial charge on any atom is -0.393 e. The Morgan fingerprint density at radius 3 is 2.43 bits per heavy atom. The van der Waals surface area contributed by atoms with Gasteiger partial charge < -0.3 is 10.2 Å². The van der Waals surface area contributed by atoms with Gasteiger partial charge in [-0.3, -0.25) is 0 Å². The van der Waals surface area contributed by atoms with Gasteiger partial charge in [-0.1, -0.05) is 65.3 Å². The van der Waals surface area contributed by atoms with E-state index in [9.17, 15) is 10.2 Å². The van der Waals surface area contributed by atoms with Gasteiger partial charge in [0.2, 0.25) is 0 Å². The summed E-state index contributed by atoms with van der Waals surface area (Å²) in [5.41, 5.74) is 1.73. The molecule has 0 unspecified atom stereocenters. The zero-order chi connectivity index (χ0) is 21.8. The number of hydrogen-bond donors (Lipinski definition) is 2. The van der Waals surface area contributed by atoms with E-state index in [4.69, 9.17) is 0 Å². The zero-order valence-electron chi connectivity index (χ0n) is 20.3. The van der Waals surface area contributed by atoms with Gasteiger partial charge in [0.25, 0.3) is 0 Å². The summed E-state index contributed by atoms with van der Waals surface area (Å²) in [6.07, 6.45) is 14.6. The van der Waals surface area contributed by atoms with Crippen LogP contribution >= 0.6 is 0 Å². The van der Waals surface area contributed by atoms with Crippen LogP contribution in [0, 0.1) is 52.3 Å². The summed E-state index contributed by atoms with van der Waals surface area (Å²) in [7, 11) is 0. The average molecular weight is 415 g/mol. The van der Waals surface area contributed by atoms with E-state index < -0.39 is 0 Å². The van der Waals surface area contributed by atoms with E-state index >= 15 is 0 Å². The number of fused-ring (bicyclic) bond motifs is 5. The molecule has 0 aliphatic heterocycles. The summed E-state index contributed by atoms with van der Waals surface area (Å²) < 4.78 is 0. The fourth-order valence-corrected chi connectivity index (χ4v) is 8.21. The highest BCUT2D eigenvalue weighted by Gasteiger charge is 2.62. The van der Waals surface area contributed by atoms with Gasteiger partial charge in [0.1, 0.15) is 0 Å². The molecule has 2 N–H and O–H groups in total. The lowest BCUT2D eigenvalue weighted by Crippen LogP contribution is -2.56. The lowest BCUT2D eigenvalue weighted by Gasteiger charge is -2.60. The van der Waals surface area contributed by atoms with Crippen LogP contribution < -0.4 is 0 Å². The Hall–Kier alpha value is -0.600. The van der Waals surface area contributed by atoms with Gasteiger partial charge in [0, 0.05) is 0 Å². The van der Waals surface area contributed by atoms with Crippen molar-refractivity contribution in [3.63, 3.8) is 0 Å². The Morgan fingerprint density at radius 2 is 1.73 bits per heavy atom. The Balaban J connectivity index is 1.58. The predicted molar refractivity (Wildman–Crippen MR) is 125 cm³/mol. The second kappa shape index (κ2) is 8.07. The van der Waals surface area contributed by atoms with Crippen LogP contribution in [0.4, 0.5) is 0 Å². The van der Waals surface area contributed by atoms with Crippen molar-refractivity contribution in [3.05, 3.63) is 23.8 Å². The largest absolute Gasteiger partial charge is 0.393 e. The van der Waals surface area contributed by atoms with Gasteiger partial charge in [-0.15, -0.1) is 0 Å². The molecule has 4 aliphatic rings. The summed E-state index contributed by atoms with van der Waals surface area (Å²) >= 11 is 0. The van der Waals surface area contributed by atoms with Crippen LogP contribution in [0.2, 0.25) is 0 Å². The number of aliphatic hydroxyl groups excluding tert-OH is 2. The van der Waals surface area contributed by atoms with E-state index in [-0.39, 0.29) is 23.0 Å². The van der Waals surface area contributed by atoms with Gasteiger partial charge in [0.15, 0.2) is 0 Å². The van der Waals surface area contributed by atoms with Crippen molar-refractivity contribution < 1.29 is 10.2 Å². The molecule has 170 valence electrons. The molecule has 2 nitrogen and oxygen atoms in total. The second-order valence-electron chi connectivity index (χ2n) is 12.3. The number of rotatable bonds is 4. The molecule has 4 rings (SSSR count). The molecule has 0 saturated heterocycles. The first-order valence-corrected chi connectivity index (χ1v) is 12.8. The molecule has 10 atom stereocenters. The SMILES string of the molecule is CC(C)[C@@H](C)/C=C/[C@@H](C)[C@H]1CC[C@H]2[C@@H]3CC=C4C[C@@H](O)CC[C@]4(C)[C@H]3C[C@H](O)[C@]12C. The van der Waals surface area contributed by atoms with Gasteiger partial charge in [-0.25, -0.2) is 0 Å². The van der Waals surface area contributed by atoms with Crippen LogP contribution in [0.5, 0.6) is 0 Å². The fourth-order valence-electron chi connectivity index (χ4n) is 8.21. The summed E-state index contributed by atoms with van der Waals surface area (Å²) in [6, 6.07) is 0. The molecule has 0 bridgehead atoms. The van der Waals surface area contributed by atoms with Gasteiger partial charge in [-0.2, -0.15) is 0 Å². The first kappa shape index (κ1) is 22.6. The van der Waals surface area contributed by atoms with E-state index in [1.807, 2.05) is 0 Å². The second-order valence-corrected chi connectivity index (χ2v) is 12.3. The highest BCUT2D eigenvalue weighted by Crippen LogP contribution is 2.67. The van der Waals surface area contributed by atoms with Crippen LogP contribution in [0.15, 0.2) is 23.8 Å². The van der Waals surface area contributed by atoms with Gasteiger partial charge >= 0.3 is 0 Å². The minimum absolute atomic E-state index is 0.0435. The molecule has 2 heteroatoms. The molecule has 4 aliphatic carbocycles. The maximum atomic E-state index is 11.6. The highest BCUT2D eigenvalue weighted by molar-refractivity contribution is 5.26. The molecule has 0 heterocycles. The lowest BCUT2D eigenvalue weighted by molar-refractivity contribution is -0.133. The number of allylic oxidation sites excluding steroid dienone is 3. The van der Waals surface area contributed by atoms with Crippen molar-refractivity contribution in [2.75, 3.05) is 0 Å². The highest BCUT2D eigenvalue weighted by atomic mass is 16.3. The van der Waals surface area contributed by atoms with Crippen molar-refractivity contribution in [3.8, 4) is 0 Å². The van der Waals surface area contributed by atoms with Crippen LogP contribution in [-0.2, 0) is 0 Å². The molecule has 0 amide bonds. The van der Waals surface area contributed by atoms with Crippen LogP contribution in [0.25, 0.3) is 0 Å². The maximum absolute atomic E-state index is 11.6. The molecule has 0 aromatic rings. The van der Waals surface area contributed by atoms with E-state index in [2.05, 4.69) is 59.8 Å². The Kier molecular flexibility index (Phi) is 6.08. The third-order valence-corrected chi connectivity index (χ3v) is 10.7. The third-order valence-electron chi connectivity index (χ3n) is 10.7. The van der Waals surface area contributed by atoms with E-state index in [0.717, 1.165) is 32.1 Å². The number of hydrogen-bond acceptors (Lipinski definition) is 2. The van der Waals surface area contributed by atoms with Crippen molar-refractivity contribution >= 4 is 0 Å². The van der Waals surface area contributed by atoms with E-state index in [0.29, 0.717) is 41.4 Å². The molecule has 30 heavy (non-hydrogen) atoms. The van der Waals surface area contributed by atoms with Crippen molar-refractivity contribution in [1.29, 1.82) is 0 Å². The quantitative estimate of drug-likeness (QED) is 0.524. The van der Waals surface area contributed by atoms with Crippen LogP contribution in [0.3, 0.4) is 0 Å². The van der Waals surface area contributed by atoms with E-state index in [1.54, 1.807) is 0 Å². The topological polar surface area (TPSA) is 40.5 Å². The summed E-state index contributed by atoms with van der Waals surface area (Å²) in [4.78, 5) is 0. The van der Waals surface area contributed by atoms with Crippen molar-refractivity contribution in [2.24, 2.45) is 52.3 Å². The standard InChI is InChI=1S/C28H46O2/c1-17(2)18(3)7-8-19(4)23-11-12-24-22-10-9-20-15-21(29)13-14-27(20,5)25(22)16-26(30)28(23,24)6/h7-9,17-19,21-26,29-30H,10-16H2,1-6H3/b8-7+/t18-,19+,21-,22-,23+,24-,25-,26-,27-,28+/m0/s1. The first-order chi connectivity index (χ1) is 14.1. The Morgan fingerprint density at radius 1 is 1.00 bits per heavy atom. The van der Waals surface area contributed by atoms with Gasteiger partial charge in [0.05, 0.1) is 12.2 Å². The molecule has 0 aromatic heterocycles. The smallest absolute Gasteiger partial charge is 0.0602 e. The molecule has 0 radical (unpaired) electrons. The summed E-state index contributed by atoms with van der Waals surface area (Å²) in [5.74, 6) is 4.34. The van der Waals surface area contributed by atoms with Gasteiger partial charge in [-0.05, 0) is 97.2 Å². The lowest BCUT2D eigenvalue weighted by atomic mass is 9.46. The molecule has 0 aromatic carbocycles. The monoisotopic (exact) mass is 414 g/mol. The molecular weight excluding hydrogens is 368 g/mol. The minimum atomic E-state index is -0.197. The molecular formula is C28H46O2. The fraction of sp³-hybridized carbons (Fsp3) is 0.857. The molecule has 3 saturated carbocycles. The molecule has 3 fully saturated rings. The van der Waals surface area contributed by atoms with Crippen molar-refractivity contribution in [2.45, 2.75) is 98.7 Å². The average Bonchev–Trinajstić information content (AvgIpc) is 3.06. The maximum Gasteiger partial charge on any atom is 0.0602 e. The van der Waals surface area contributed by atoms with E-state index in [1.165, 1.54) is 18.4 Å². The number of aliphatic hydroxyl groups is 2. The third kappa shape index (κ3) is 3.45. The van der Waals surface area contributed by atoms with Crippen molar-refractivity contribution in [1.82, 2.24) is 0 Å². The predicted octanol–water partition coefficient (Wildman–Crippen LogP) is 6.38. The summed E-state index contributed by atoms with van der Waals surface area (Å²) in [5, 5.41) is 21.9. The molecule has 0 spiro atoms. The normalized spacial score (nSPS) is 48.1. The Labute approximate surface area is 185 Å². The van der Waals surface area contributed by atoms with Crippen LogP contribution in [-0.4, -0.2) is 22.4 Å².